The van der Waals surface area contributed by atoms with E-state index >= 15 is 0 Å². The maximum absolute atomic E-state index is 12.5. The average Bonchev–Trinajstić information content (AvgIpc) is 3.09. The van der Waals surface area contributed by atoms with Crippen LogP contribution in [0.25, 0.3) is 0 Å². The number of nitro groups is 1. The largest absolute Gasteiger partial charge is 0.383 e. The van der Waals surface area contributed by atoms with E-state index in [2.05, 4.69) is 10.0 Å². The third-order valence-corrected chi connectivity index (χ3v) is 6.21. The summed E-state index contributed by atoms with van der Waals surface area (Å²) in [6.45, 7) is 1.85. The number of nitro benzene ring substituents is 1. The Balaban J connectivity index is 1.88. The van der Waals surface area contributed by atoms with Crippen LogP contribution in [0.2, 0.25) is 0 Å². The number of benzene rings is 2. The second-order valence-electron chi connectivity index (χ2n) is 6.88. The van der Waals surface area contributed by atoms with Crippen molar-refractivity contribution in [3.05, 3.63) is 57.6 Å². The molecule has 0 fully saturated rings. The minimum Gasteiger partial charge on any atom is -0.383 e. The zero-order chi connectivity index (χ0) is 20.3. The van der Waals surface area contributed by atoms with Gasteiger partial charge in [0.1, 0.15) is 5.69 Å². The second-order valence-corrected chi connectivity index (χ2v) is 8.59. The highest BCUT2D eigenvalue weighted by Gasteiger charge is 2.23. The molecule has 0 aliphatic heterocycles. The van der Waals surface area contributed by atoms with Crippen molar-refractivity contribution in [2.45, 2.75) is 37.1 Å². The van der Waals surface area contributed by atoms with E-state index < -0.39 is 21.0 Å². The first-order chi connectivity index (χ1) is 13.3. The molecule has 0 aromatic heterocycles. The van der Waals surface area contributed by atoms with Crippen molar-refractivity contribution >= 4 is 27.1 Å². The van der Waals surface area contributed by atoms with Crippen LogP contribution in [0.1, 0.15) is 24.5 Å². The van der Waals surface area contributed by atoms with Gasteiger partial charge in [-0.25, -0.2) is 13.1 Å². The summed E-state index contributed by atoms with van der Waals surface area (Å²) in [5.74, 6) is 0. The van der Waals surface area contributed by atoms with E-state index in [1.165, 1.54) is 30.4 Å². The van der Waals surface area contributed by atoms with Crippen molar-refractivity contribution in [3.63, 3.8) is 0 Å². The number of nitrogens with zero attached hydrogens (tertiary/aromatic N) is 1. The fourth-order valence-corrected chi connectivity index (χ4v) is 4.61. The molecule has 2 N–H and O–H groups in total. The Bertz CT molecular complexity index is 991. The SMILES string of the molecule is COC[C@@H](C)NS(=O)(=O)c1ccc(Nc2ccc3c(c2)CCC3)c([N+](=O)[O-])c1. The fraction of sp³-hybridized carbons (Fsp3) is 0.368. The van der Waals surface area contributed by atoms with Crippen molar-refractivity contribution in [2.24, 2.45) is 0 Å². The van der Waals surface area contributed by atoms with E-state index in [1.807, 2.05) is 18.2 Å². The van der Waals surface area contributed by atoms with Gasteiger partial charge in [0.15, 0.2) is 0 Å². The van der Waals surface area contributed by atoms with Crippen LogP contribution in [-0.4, -0.2) is 33.1 Å². The standard InChI is InChI=1S/C19H23N3O5S/c1-13(12-27-2)21-28(25,26)17-8-9-18(19(11-17)22(23)24)20-16-7-6-14-4-3-5-15(14)10-16/h6-11,13,20-21H,3-5,12H2,1-2H3/t13-/m1/s1. The summed E-state index contributed by atoms with van der Waals surface area (Å²) in [6, 6.07) is 9.27. The molecule has 0 amide bonds. The summed E-state index contributed by atoms with van der Waals surface area (Å²) in [6.07, 6.45) is 3.16. The van der Waals surface area contributed by atoms with Crippen LogP contribution in [0.4, 0.5) is 17.1 Å². The first-order valence-electron chi connectivity index (χ1n) is 8.98. The second kappa shape index (κ2) is 8.26. The monoisotopic (exact) mass is 405 g/mol. The number of ether oxygens (including phenoxy) is 1. The molecule has 2 aromatic carbocycles. The molecule has 0 saturated carbocycles. The molecule has 1 atom stereocenters. The van der Waals surface area contributed by atoms with E-state index in [0.717, 1.165) is 31.0 Å². The highest BCUT2D eigenvalue weighted by Crippen LogP contribution is 2.32. The van der Waals surface area contributed by atoms with E-state index in [4.69, 9.17) is 4.74 Å². The van der Waals surface area contributed by atoms with E-state index in [-0.39, 0.29) is 22.9 Å². The van der Waals surface area contributed by atoms with Gasteiger partial charge < -0.3 is 10.1 Å². The number of methoxy groups -OCH3 is 1. The Morgan fingerprint density at radius 1 is 1.18 bits per heavy atom. The summed E-state index contributed by atoms with van der Waals surface area (Å²) >= 11 is 0. The number of aryl methyl sites for hydroxylation is 2. The molecule has 8 nitrogen and oxygen atoms in total. The maximum Gasteiger partial charge on any atom is 0.294 e. The van der Waals surface area contributed by atoms with E-state index in [1.54, 1.807) is 6.92 Å². The predicted octanol–water partition coefficient (Wildman–Crippen LogP) is 3.14. The zero-order valence-corrected chi connectivity index (χ0v) is 16.6. The van der Waals surface area contributed by atoms with Crippen molar-refractivity contribution in [1.29, 1.82) is 0 Å². The molecule has 0 heterocycles. The topological polar surface area (TPSA) is 111 Å². The van der Waals surface area contributed by atoms with Crippen LogP contribution in [0.3, 0.4) is 0 Å². The summed E-state index contributed by atoms with van der Waals surface area (Å²) < 4.78 is 32.3. The molecule has 0 bridgehead atoms. The van der Waals surface area contributed by atoms with Crippen LogP contribution in [0.5, 0.6) is 0 Å². The predicted molar refractivity (Wildman–Crippen MR) is 107 cm³/mol. The van der Waals surface area contributed by atoms with Gasteiger partial charge in [-0.1, -0.05) is 6.07 Å². The van der Waals surface area contributed by atoms with Gasteiger partial charge in [-0.05, 0) is 61.6 Å². The van der Waals surface area contributed by atoms with Gasteiger partial charge in [0.25, 0.3) is 5.69 Å². The lowest BCUT2D eigenvalue weighted by molar-refractivity contribution is -0.384. The molecule has 9 heteroatoms. The molecule has 0 radical (unpaired) electrons. The lowest BCUT2D eigenvalue weighted by Gasteiger charge is -2.14. The Morgan fingerprint density at radius 2 is 1.93 bits per heavy atom. The Kier molecular flexibility index (Phi) is 5.97. The van der Waals surface area contributed by atoms with E-state index in [0.29, 0.717) is 0 Å². The Hall–Kier alpha value is -2.49. The number of sulfonamides is 1. The molecule has 0 unspecified atom stereocenters. The van der Waals surface area contributed by atoms with Gasteiger partial charge in [-0.2, -0.15) is 0 Å². The molecule has 0 spiro atoms. The van der Waals surface area contributed by atoms with Gasteiger partial charge in [-0.3, -0.25) is 10.1 Å². The van der Waals surface area contributed by atoms with Gasteiger partial charge in [-0.15, -0.1) is 0 Å². The molecule has 1 aliphatic rings. The van der Waals surface area contributed by atoms with Gasteiger partial charge >= 0.3 is 0 Å². The quantitative estimate of drug-likeness (QED) is 0.516. The lowest BCUT2D eigenvalue weighted by atomic mass is 10.1. The summed E-state index contributed by atoms with van der Waals surface area (Å²) in [5.41, 5.74) is 3.22. The molecule has 3 rings (SSSR count). The van der Waals surface area contributed by atoms with E-state index in [9.17, 15) is 18.5 Å². The third kappa shape index (κ3) is 4.49. The van der Waals surface area contributed by atoms with Crippen molar-refractivity contribution < 1.29 is 18.1 Å². The number of rotatable bonds is 8. The molecule has 1 aliphatic carbocycles. The first-order valence-corrected chi connectivity index (χ1v) is 10.5. The average molecular weight is 405 g/mol. The number of fused-ring (bicyclic) bond motifs is 1. The minimum atomic E-state index is -3.90. The minimum absolute atomic E-state index is 0.165. The number of nitrogens with one attached hydrogen (secondary N) is 2. The third-order valence-electron chi connectivity index (χ3n) is 4.63. The molecular formula is C19H23N3O5S. The molecule has 28 heavy (non-hydrogen) atoms. The number of hydrogen-bond donors (Lipinski definition) is 2. The van der Waals surface area contributed by atoms with Crippen LogP contribution < -0.4 is 10.0 Å². The van der Waals surface area contributed by atoms with Crippen LogP contribution >= 0.6 is 0 Å². The van der Waals surface area contributed by atoms with Crippen molar-refractivity contribution in [1.82, 2.24) is 4.72 Å². The van der Waals surface area contributed by atoms with Gasteiger partial charge in [0, 0.05) is 24.9 Å². The lowest BCUT2D eigenvalue weighted by Crippen LogP contribution is -2.35. The Labute approximate surface area is 164 Å². The molecule has 0 saturated heterocycles. The fourth-order valence-electron chi connectivity index (χ4n) is 3.36. The zero-order valence-electron chi connectivity index (χ0n) is 15.8. The summed E-state index contributed by atoms with van der Waals surface area (Å²) in [4.78, 5) is 10.8. The Morgan fingerprint density at radius 3 is 2.64 bits per heavy atom. The first kappa shape index (κ1) is 20.2. The van der Waals surface area contributed by atoms with Gasteiger partial charge in [0.2, 0.25) is 10.0 Å². The highest BCUT2D eigenvalue weighted by atomic mass is 32.2. The maximum atomic E-state index is 12.5. The normalized spacial score (nSPS) is 14.5. The summed E-state index contributed by atoms with van der Waals surface area (Å²) in [7, 11) is -2.43. The smallest absolute Gasteiger partial charge is 0.294 e. The van der Waals surface area contributed by atoms with Gasteiger partial charge in [0.05, 0.1) is 16.4 Å². The van der Waals surface area contributed by atoms with Crippen molar-refractivity contribution in [3.8, 4) is 0 Å². The van der Waals surface area contributed by atoms with Crippen LogP contribution in [0, 0.1) is 10.1 Å². The number of anilines is 2. The van der Waals surface area contributed by atoms with Crippen LogP contribution in [0.15, 0.2) is 41.3 Å². The molecule has 2 aromatic rings. The van der Waals surface area contributed by atoms with Crippen molar-refractivity contribution in [2.75, 3.05) is 19.0 Å². The summed E-state index contributed by atoms with van der Waals surface area (Å²) in [5, 5.41) is 14.6. The molecule has 150 valence electrons. The highest BCUT2D eigenvalue weighted by molar-refractivity contribution is 7.89. The molecular weight excluding hydrogens is 382 g/mol. The number of hydrogen-bond acceptors (Lipinski definition) is 6. The van der Waals surface area contributed by atoms with Crippen LogP contribution in [-0.2, 0) is 27.6 Å².